The molecule has 10 rings (SSSR count). The van der Waals surface area contributed by atoms with Crippen LogP contribution in [0.2, 0.25) is 0 Å². The van der Waals surface area contributed by atoms with E-state index >= 15 is 14.4 Å². The first-order chi connectivity index (χ1) is 64.8. The number of primary amides is 1. The molecule has 136 heavy (non-hydrogen) atoms. The molecule has 3 fully saturated rings. The molecule has 40 heteroatoms. The van der Waals surface area contributed by atoms with Gasteiger partial charge in [-0.25, -0.2) is 4.79 Å². The number of nitrogens with one attached hydrogen (secondary N) is 14. The summed E-state index contributed by atoms with van der Waals surface area (Å²) < 4.78 is 0. The summed E-state index contributed by atoms with van der Waals surface area (Å²) in [6.07, 6.45) is -0.774. The molecule has 0 bridgehead atoms. The Bertz CT molecular complexity index is 5430. The molecule has 0 radical (unpaired) electrons. The molecule has 0 aliphatic carbocycles. The predicted molar refractivity (Wildman–Crippen MR) is 496 cm³/mol. The van der Waals surface area contributed by atoms with E-state index < -0.39 is 224 Å². The number of rotatable bonds is 48. The summed E-state index contributed by atoms with van der Waals surface area (Å²) in [6, 6.07) is 15.3. The summed E-state index contributed by atoms with van der Waals surface area (Å²) in [4.78, 5) is 250. The SMILES string of the molecule is CC(=O)N[C@H](CC(C)C)C(=O)N1CCC[C@@H]1C(=O)N[C@H](CC(C)C)C(=O)N[C@H](C)C(=O)N[C@H](Cc1ccc(O)cc1)C(=O)N1CCC[C@@H]1C(=O)N[C@H](CCC(N)=O)C(=O)N[C@H](Cc1c[nH]c2ccccc12)C(=O)N[C@H](Cc1ccc(O)cc1)C(=O)NCC(=O)N1CCC[C@@H]1N[C@@H](C(=O)N[C@H](Cc1c[nH]c2ccccc12)C(=O)N[C@H](CCC(=O)O)C(=O)N[C@H](Cc1ccccc1)C(=O)O)[C@H](C)O. The number of aliphatic hydroxyl groups excluding tert-OH is 1. The number of H-pyrrole nitrogens is 2. The van der Waals surface area contributed by atoms with E-state index in [0.717, 1.165) is 0 Å². The van der Waals surface area contributed by atoms with Gasteiger partial charge in [-0.1, -0.05) is 119 Å². The number of phenolic OH excluding ortho intramolecular Hbond substituents is 2. The summed E-state index contributed by atoms with van der Waals surface area (Å²) in [5.41, 5.74) is 9.35. The number of aromatic amines is 2. The van der Waals surface area contributed by atoms with Gasteiger partial charge in [-0.05, 0) is 154 Å². The van der Waals surface area contributed by atoms with Crippen LogP contribution < -0.4 is 69.5 Å². The van der Waals surface area contributed by atoms with Crippen molar-refractivity contribution >= 4 is 122 Å². The number of para-hydroxylation sites is 2. The van der Waals surface area contributed by atoms with Crippen molar-refractivity contribution in [2.24, 2.45) is 17.6 Å². The fraction of sp³-hybridized carbons (Fsp3) is 0.469. The number of benzene rings is 5. The number of amides is 15. The molecule has 0 unspecified atom stereocenters. The number of nitrogens with zero attached hydrogens (tertiary/aromatic N) is 3. The number of nitrogens with two attached hydrogens (primary N) is 1. The number of aromatic nitrogens is 2. The number of aliphatic carboxylic acids is 2. The van der Waals surface area contributed by atoms with Gasteiger partial charge in [-0.2, -0.15) is 0 Å². The zero-order chi connectivity index (χ0) is 98.7. The molecule has 3 saturated heterocycles. The van der Waals surface area contributed by atoms with Gasteiger partial charge in [0.2, 0.25) is 88.6 Å². The van der Waals surface area contributed by atoms with Crippen LogP contribution in [0.15, 0.2) is 140 Å². The number of carbonyl (C=O) groups excluding carboxylic acids is 15. The molecule has 15 amide bonds. The zero-order valence-electron chi connectivity index (χ0n) is 77.0. The molecule has 15 atom stereocenters. The first-order valence-corrected chi connectivity index (χ1v) is 45.8. The van der Waals surface area contributed by atoms with Crippen LogP contribution in [-0.2, 0) is 114 Å². The smallest absolute Gasteiger partial charge is 0.326 e. The third kappa shape index (κ3) is 29.6. The number of carboxylic acid groups (broad SMARTS) is 2. The summed E-state index contributed by atoms with van der Waals surface area (Å²) in [5, 5.41) is 85.5. The summed E-state index contributed by atoms with van der Waals surface area (Å²) in [6.45, 7) is 10.9. The molecule has 40 nitrogen and oxygen atoms in total. The largest absolute Gasteiger partial charge is 0.508 e. The highest BCUT2D eigenvalue weighted by Gasteiger charge is 2.44. The van der Waals surface area contributed by atoms with Crippen LogP contribution in [0.5, 0.6) is 11.5 Å². The lowest BCUT2D eigenvalue weighted by molar-refractivity contribution is -0.143. The van der Waals surface area contributed by atoms with Crippen LogP contribution in [0.4, 0.5) is 0 Å². The molecule has 2 aromatic heterocycles. The van der Waals surface area contributed by atoms with Crippen molar-refractivity contribution in [3.8, 4) is 11.5 Å². The van der Waals surface area contributed by atoms with Gasteiger partial charge in [-0.15, -0.1) is 0 Å². The van der Waals surface area contributed by atoms with Crippen LogP contribution in [0.3, 0.4) is 0 Å². The van der Waals surface area contributed by atoms with E-state index in [0.29, 0.717) is 68.9 Å². The van der Waals surface area contributed by atoms with Gasteiger partial charge in [0, 0.05) is 106 Å². The third-order valence-electron chi connectivity index (χ3n) is 24.2. The van der Waals surface area contributed by atoms with Gasteiger partial charge < -0.3 is 114 Å². The molecule has 5 heterocycles. The quantitative estimate of drug-likeness (QED) is 0.0254. The van der Waals surface area contributed by atoms with E-state index in [4.69, 9.17) is 5.73 Å². The maximum atomic E-state index is 15.4. The van der Waals surface area contributed by atoms with Gasteiger partial charge in [0.05, 0.1) is 18.8 Å². The highest BCUT2D eigenvalue weighted by atomic mass is 16.4. The lowest BCUT2D eigenvalue weighted by atomic mass is 10.0. The van der Waals surface area contributed by atoms with Gasteiger partial charge in [-0.3, -0.25) is 82.0 Å². The first-order valence-electron chi connectivity index (χ1n) is 45.8. The van der Waals surface area contributed by atoms with E-state index in [1.165, 1.54) is 84.0 Å². The Labute approximate surface area is 785 Å². The van der Waals surface area contributed by atoms with Crippen molar-refractivity contribution in [1.29, 1.82) is 0 Å². The minimum atomic E-state index is -1.67. The number of likely N-dealkylation sites (tertiary alicyclic amines) is 3. The Hall–Kier alpha value is -14.3. The van der Waals surface area contributed by atoms with Gasteiger partial charge in [0.1, 0.15) is 90.0 Å². The van der Waals surface area contributed by atoms with E-state index in [1.54, 1.807) is 91.3 Å². The molecule has 21 N–H and O–H groups in total. The average Bonchev–Trinajstić information content (AvgIpc) is 1.67. The maximum Gasteiger partial charge on any atom is 0.326 e. The molecule has 5 aromatic carbocycles. The van der Waals surface area contributed by atoms with Crippen molar-refractivity contribution in [3.05, 3.63) is 168 Å². The number of hydrogen-bond donors (Lipinski definition) is 20. The highest BCUT2D eigenvalue weighted by molar-refractivity contribution is 6.01. The fourth-order valence-corrected chi connectivity index (χ4v) is 17.2. The number of fused-ring (bicyclic) bond motifs is 2. The van der Waals surface area contributed by atoms with Crippen molar-refractivity contribution in [3.63, 3.8) is 0 Å². The lowest BCUT2D eigenvalue weighted by Crippen LogP contribution is -2.62. The molecule has 730 valence electrons. The monoisotopic (exact) mass is 1880 g/mol. The number of aromatic hydroxyl groups is 2. The number of hydrogen-bond acceptors (Lipinski definition) is 21. The molecule has 0 saturated carbocycles. The normalized spacial score (nSPS) is 17.4. The Morgan fingerprint density at radius 3 is 1.34 bits per heavy atom. The topological polar surface area (TPSA) is 603 Å². The van der Waals surface area contributed by atoms with Crippen molar-refractivity contribution in [2.75, 3.05) is 26.2 Å². The van der Waals surface area contributed by atoms with Gasteiger partial charge in [0.15, 0.2) is 0 Å². The standard InChI is InChI=1S/C96H124N18O22/c1-52(2)42-70(107-92(131)78-25-16-39-112(78)94(133)74(43-53(3)4)102-56(7)116)88(127)101-54(5)84(123)109-75(45-59-29-33-63(118)34-30-59)95(134)113-40-15-24-77(113)91(130)104-68(35-37-79(97)119)86(125)106-72(47-60-49-98-66-22-13-11-20-64(60)66)90(129)105-71(44-58-27-31-62(117)32-28-58)85(124)100-51-81(120)114-41-17-26-80(114)111-83(55(6)115)93(132)108-73(48-61-50-99-67-23-14-12-21-65(61)67)89(128)103-69(36-38-82(121)122)87(126)110-76(96(135)136)46-57-18-9-8-10-19-57/h8-14,18-23,27-34,49-50,52-55,68-78,80,83,98-99,111,115,117-118H,15-17,24-26,35-48,51H2,1-7H3,(H2,97,119)(H,100,124)(H,101,127)(H,102,116)(H,103,128)(H,104,130)(H,105,129)(H,106,125)(H,107,131)(H,108,132)(H,109,123)(H,110,126)(H,121,122)(H,135,136)/t54-,55+,68-,69-,70-,71-,72-,73-,74-,75-,76-,77-,78-,80-,83-/m1/s1. The minimum Gasteiger partial charge on any atom is -0.508 e. The fourth-order valence-electron chi connectivity index (χ4n) is 17.2. The Morgan fingerprint density at radius 1 is 0.419 bits per heavy atom. The second kappa shape index (κ2) is 49.1. The van der Waals surface area contributed by atoms with Gasteiger partial charge >= 0.3 is 11.9 Å². The van der Waals surface area contributed by atoms with Crippen molar-refractivity contribution in [1.82, 2.24) is 88.5 Å². The molecular formula is C96H124N18O22. The highest BCUT2D eigenvalue weighted by Crippen LogP contribution is 2.28. The first kappa shape index (κ1) is 104. The predicted octanol–water partition coefficient (Wildman–Crippen LogP) is 1.15. The average molecular weight is 1880 g/mol. The maximum absolute atomic E-state index is 15.4. The number of aliphatic hydroxyl groups is 1. The van der Waals surface area contributed by atoms with E-state index in [2.05, 4.69) is 73.8 Å². The Kier molecular flexibility index (Phi) is 37.5. The van der Waals surface area contributed by atoms with Crippen LogP contribution >= 0.6 is 0 Å². The molecule has 0 spiro atoms. The number of carboxylic acids is 2. The zero-order valence-corrected chi connectivity index (χ0v) is 77.0. The molecule has 3 aliphatic rings. The van der Waals surface area contributed by atoms with Crippen LogP contribution in [0, 0.1) is 11.8 Å². The van der Waals surface area contributed by atoms with Crippen LogP contribution in [0.25, 0.3) is 21.8 Å². The molecular weight excluding hydrogens is 1760 g/mol. The van der Waals surface area contributed by atoms with E-state index in [9.17, 15) is 92.7 Å². The van der Waals surface area contributed by atoms with E-state index in [-0.39, 0.29) is 107 Å². The van der Waals surface area contributed by atoms with Gasteiger partial charge in [0.25, 0.3) is 0 Å². The third-order valence-corrected chi connectivity index (χ3v) is 24.2. The summed E-state index contributed by atoms with van der Waals surface area (Å²) in [5.74, 6) is -15.5. The summed E-state index contributed by atoms with van der Waals surface area (Å²) >= 11 is 0. The Balaban J connectivity index is 0.833. The number of carbonyl (C=O) groups is 17. The van der Waals surface area contributed by atoms with Crippen molar-refractivity contribution in [2.45, 2.75) is 248 Å². The second-order valence-corrected chi connectivity index (χ2v) is 35.8. The molecule has 3 aliphatic heterocycles. The van der Waals surface area contributed by atoms with Crippen molar-refractivity contribution < 1.29 is 107 Å². The Morgan fingerprint density at radius 2 is 0.831 bits per heavy atom. The molecule has 7 aromatic rings. The lowest BCUT2D eigenvalue weighted by Gasteiger charge is -2.32. The van der Waals surface area contributed by atoms with E-state index in [1.807, 2.05) is 27.7 Å². The van der Waals surface area contributed by atoms with Crippen LogP contribution in [0.1, 0.15) is 153 Å². The summed E-state index contributed by atoms with van der Waals surface area (Å²) in [7, 11) is 0. The second-order valence-electron chi connectivity index (χ2n) is 35.8. The van der Waals surface area contributed by atoms with Crippen LogP contribution in [-0.4, -0.2) is 268 Å². The minimum absolute atomic E-state index is 0.0146. The number of phenols is 2.